The van der Waals surface area contributed by atoms with E-state index in [1.807, 2.05) is 82.3 Å². The number of amides is 4. The lowest BCUT2D eigenvalue weighted by Gasteiger charge is -2.34. The molecule has 0 aliphatic carbocycles. The molecule has 7 nitrogen and oxygen atoms in total. The maximum absolute atomic E-state index is 13.9. The monoisotopic (exact) mass is 539 g/mol. The Balaban J connectivity index is 1.57. The largest absolute Gasteiger partial charge is 0.350 e. The smallest absolute Gasteiger partial charge is 0.261 e. The van der Waals surface area contributed by atoms with Gasteiger partial charge in [-0.05, 0) is 62.9 Å². The summed E-state index contributed by atoms with van der Waals surface area (Å²) in [5, 5.41) is 3.07. The normalized spacial score (nSPS) is 13.7. The Morgan fingerprint density at radius 3 is 2.02 bits per heavy atom. The maximum atomic E-state index is 13.9. The molecule has 0 aromatic heterocycles. The number of rotatable bonds is 10. The molecule has 0 saturated carbocycles. The highest BCUT2D eigenvalue weighted by Gasteiger charge is 2.36. The number of carbonyl (C=O) groups excluding carboxylic acids is 4. The van der Waals surface area contributed by atoms with Crippen LogP contribution in [0.2, 0.25) is 0 Å². The summed E-state index contributed by atoms with van der Waals surface area (Å²) in [4.78, 5) is 56.0. The van der Waals surface area contributed by atoms with E-state index in [-0.39, 0.29) is 43.1 Å². The van der Waals surface area contributed by atoms with Crippen molar-refractivity contribution in [1.82, 2.24) is 15.1 Å². The van der Waals surface area contributed by atoms with Crippen LogP contribution >= 0.6 is 0 Å². The third-order valence-corrected chi connectivity index (χ3v) is 7.02. The second kappa shape index (κ2) is 12.3. The molecular formula is C33H37N3O4. The van der Waals surface area contributed by atoms with Gasteiger partial charge in [-0.15, -0.1) is 0 Å². The van der Waals surface area contributed by atoms with Crippen molar-refractivity contribution in [3.8, 4) is 0 Å². The number of aryl methyl sites for hydroxylation is 1. The van der Waals surface area contributed by atoms with Crippen LogP contribution in [-0.2, 0) is 22.6 Å². The van der Waals surface area contributed by atoms with Crippen LogP contribution < -0.4 is 5.32 Å². The van der Waals surface area contributed by atoms with E-state index in [1.165, 1.54) is 4.90 Å². The summed E-state index contributed by atoms with van der Waals surface area (Å²) < 4.78 is 0. The van der Waals surface area contributed by atoms with Crippen LogP contribution in [0.25, 0.3) is 0 Å². The number of hydrogen-bond acceptors (Lipinski definition) is 4. The molecule has 0 bridgehead atoms. The van der Waals surface area contributed by atoms with Gasteiger partial charge >= 0.3 is 0 Å². The molecule has 40 heavy (non-hydrogen) atoms. The van der Waals surface area contributed by atoms with Gasteiger partial charge in [-0.1, -0.05) is 66.7 Å². The zero-order valence-electron chi connectivity index (χ0n) is 23.6. The number of imide groups is 1. The Hall–Kier alpha value is -4.26. The van der Waals surface area contributed by atoms with E-state index in [0.29, 0.717) is 24.0 Å². The first kappa shape index (κ1) is 28.7. The Morgan fingerprint density at radius 1 is 0.850 bits per heavy atom. The van der Waals surface area contributed by atoms with Crippen LogP contribution in [-0.4, -0.2) is 51.6 Å². The number of benzene rings is 3. The predicted octanol–water partition coefficient (Wildman–Crippen LogP) is 4.93. The van der Waals surface area contributed by atoms with Gasteiger partial charge in [0.1, 0.15) is 6.04 Å². The van der Waals surface area contributed by atoms with Crippen molar-refractivity contribution in [2.45, 2.75) is 65.1 Å². The molecule has 7 heteroatoms. The molecule has 4 amide bonds. The van der Waals surface area contributed by atoms with Crippen molar-refractivity contribution in [1.29, 1.82) is 0 Å². The van der Waals surface area contributed by atoms with E-state index in [9.17, 15) is 19.2 Å². The van der Waals surface area contributed by atoms with Gasteiger partial charge < -0.3 is 10.2 Å². The number of carbonyl (C=O) groups is 4. The SMILES string of the molecule is Cc1ccccc1CN(C(=O)CCCN1C(=O)c2ccccc2C1=O)C(Cc1ccccc1)C(=O)NC(C)(C)C. The number of fused-ring (bicyclic) bond motifs is 1. The highest BCUT2D eigenvalue weighted by Crippen LogP contribution is 2.24. The lowest BCUT2D eigenvalue weighted by Crippen LogP contribution is -2.54. The van der Waals surface area contributed by atoms with E-state index < -0.39 is 11.6 Å². The summed E-state index contributed by atoms with van der Waals surface area (Å²) in [5.74, 6) is -1.10. The van der Waals surface area contributed by atoms with Crippen molar-refractivity contribution < 1.29 is 19.2 Å². The molecule has 3 aromatic carbocycles. The number of nitrogens with zero attached hydrogens (tertiary/aromatic N) is 2. The average Bonchev–Trinajstić information content (AvgIpc) is 3.16. The summed E-state index contributed by atoms with van der Waals surface area (Å²) in [5.41, 5.74) is 3.24. The second-order valence-electron chi connectivity index (χ2n) is 11.3. The summed E-state index contributed by atoms with van der Waals surface area (Å²) in [6, 6.07) is 23.5. The van der Waals surface area contributed by atoms with Crippen molar-refractivity contribution in [3.63, 3.8) is 0 Å². The van der Waals surface area contributed by atoms with Crippen molar-refractivity contribution in [2.75, 3.05) is 6.54 Å². The van der Waals surface area contributed by atoms with Gasteiger partial charge in [-0.3, -0.25) is 24.1 Å². The standard InChI is InChI=1S/C33H37N3O4/c1-23-13-8-9-16-25(23)22-36(28(30(38)34-33(2,3)4)21-24-14-6-5-7-15-24)29(37)19-12-20-35-31(39)26-17-10-11-18-27(26)32(35)40/h5-11,13-18,28H,12,19-22H2,1-4H3,(H,34,38). The quantitative estimate of drug-likeness (QED) is 0.370. The van der Waals surface area contributed by atoms with Crippen LogP contribution in [0.15, 0.2) is 78.9 Å². The second-order valence-corrected chi connectivity index (χ2v) is 11.3. The first-order valence-corrected chi connectivity index (χ1v) is 13.7. The Labute approximate surface area is 236 Å². The lowest BCUT2D eigenvalue weighted by atomic mass is 9.99. The molecule has 4 rings (SSSR count). The minimum atomic E-state index is -0.743. The first-order chi connectivity index (χ1) is 19.0. The highest BCUT2D eigenvalue weighted by molar-refractivity contribution is 6.21. The minimum Gasteiger partial charge on any atom is -0.350 e. The van der Waals surface area contributed by atoms with Crippen LogP contribution in [0.3, 0.4) is 0 Å². The van der Waals surface area contributed by atoms with Gasteiger partial charge in [0.05, 0.1) is 11.1 Å². The minimum absolute atomic E-state index is 0.0906. The zero-order chi connectivity index (χ0) is 28.9. The average molecular weight is 540 g/mol. The molecule has 0 saturated heterocycles. The van der Waals surface area contributed by atoms with Gasteiger partial charge in [-0.2, -0.15) is 0 Å². The zero-order valence-corrected chi connectivity index (χ0v) is 23.6. The molecule has 0 fully saturated rings. The molecule has 3 aromatic rings. The molecule has 0 spiro atoms. The van der Waals surface area contributed by atoms with Crippen LogP contribution in [0.1, 0.15) is 71.0 Å². The Bertz CT molecular complexity index is 1360. The molecule has 1 heterocycles. The van der Waals surface area contributed by atoms with Gasteiger partial charge in [0.25, 0.3) is 11.8 Å². The molecule has 1 aliphatic rings. The fourth-order valence-corrected chi connectivity index (χ4v) is 4.95. The Morgan fingerprint density at radius 2 is 1.43 bits per heavy atom. The van der Waals surface area contributed by atoms with Gasteiger partial charge in [0.2, 0.25) is 11.8 Å². The number of hydrogen-bond donors (Lipinski definition) is 1. The van der Waals surface area contributed by atoms with E-state index in [2.05, 4.69) is 5.32 Å². The molecule has 208 valence electrons. The van der Waals surface area contributed by atoms with Crippen LogP contribution in [0.4, 0.5) is 0 Å². The van der Waals surface area contributed by atoms with Gasteiger partial charge in [0, 0.05) is 31.5 Å². The molecule has 1 aliphatic heterocycles. The third-order valence-electron chi connectivity index (χ3n) is 7.02. The lowest BCUT2D eigenvalue weighted by molar-refractivity contribution is -0.142. The molecular weight excluding hydrogens is 502 g/mol. The predicted molar refractivity (Wildman–Crippen MR) is 155 cm³/mol. The van der Waals surface area contributed by atoms with Crippen LogP contribution in [0.5, 0.6) is 0 Å². The van der Waals surface area contributed by atoms with Gasteiger partial charge in [0.15, 0.2) is 0 Å². The summed E-state index contributed by atoms with van der Waals surface area (Å²) in [6.07, 6.45) is 0.750. The van der Waals surface area contributed by atoms with Crippen molar-refractivity contribution in [2.24, 2.45) is 0 Å². The third kappa shape index (κ3) is 6.84. The summed E-state index contributed by atoms with van der Waals surface area (Å²) in [7, 11) is 0. The van der Waals surface area contributed by atoms with E-state index in [4.69, 9.17) is 0 Å². The molecule has 1 N–H and O–H groups in total. The summed E-state index contributed by atoms with van der Waals surface area (Å²) in [6.45, 7) is 8.14. The highest BCUT2D eigenvalue weighted by atomic mass is 16.2. The summed E-state index contributed by atoms with van der Waals surface area (Å²) >= 11 is 0. The van der Waals surface area contributed by atoms with E-state index in [1.54, 1.807) is 29.2 Å². The fraction of sp³-hybridized carbons (Fsp3) is 0.333. The molecule has 1 atom stereocenters. The van der Waals surface area contributed by atoms with E-state index in [0.717, 1.165) is 16.7 Å². The van der Waals surface area contributed by atoms with Crippen molar-refractivity contribution >= 4 is 23.6 Å². The molecule has 1 unspecified atom stereocenters. The van der Waals surface area contributed by atoms with E-state index >= 15 is 0 Å². The topological polar surface area (TPSA) is 86.8 Å². The fourth-order valence-electron chi connectivity index (χ4n) is 4.95. The van der Waals surface area contributed by atoms with Crippen molar-refractivity contribution in [3.05, 3.63) is 107 Å². The van der Waals surface area contributed by atoms with Gasteiger partial charge in [-0.25, -0.2) is 0 Å². The first-order valence-electron chi connectivity index (χ1n) is 13.7. The van der Waals surface area contributed by atoms with Crippen LogP contribution in [0, 0.1) is 6.92 Å². The number of nitrogens with one attached hydrogen (secondary N) is 1. The molecule has 0 radical (unpaired) electrons. The Kier molecular flexibility index (Phi) is 8.83. The maximum Gasteiger partial charge on any atom is 0.261 e.